The number of H-pyrrole nitrogens is 1. The van der Waals surface area contributed by atoms with Gasteiger partial charge in [-0.3, -0.25) is 4.79 Å². The van der Waals surface area contributed by atoms with Crippen molar-refractivity contribution in [2.24, 2.45) is 0 Å². The lowest BCUT2D eigenvalue weighted by atomic mass is 9.78. The van der Waals surface area contributed by atoms with Gasteiger partial charge >= 0.3 is 0 Å². The van der Waals surface area contributed by atoms with E-state index in [1.165, 1.54) is 0 Å². The third-order valence-electron chi connectivity index (χ3n) is 4.01. The molecule has 3 rings (SSSR count). The van der Waals surface area contributed by atoms with Gasteiger partial charge in [0, 0.05) is 0 Å². The molecule has 2 N–H and O–H groups in total. The lowest BCUT2D eigenvalue weighted by Crippen LogP contribution is -2.42. The number of hydrogen-bond donors (Lipinski definition) is 2. The van der Waals surface area contributed by atoms with Gasteiger partial charge in [-0.1, -0.05) is 48.4 Å². The highest BCUT2D eigenvalue weighted by atomic mass is 16.2. The van der Waals surface area contributed by atoms with Crippen LogP contribution in [0.1, 0.15) is 37.1 Å². The van der Waals surface area contributed by atoms with Gasteiger partial charge in [-0.15, -0.1) is 10.2 Å². The minimum absolute atomic E-state index is 0.0611. The number of aromatic amines is 1. The van der Waals surface area contributed by atoms with E-state index in [0.29, 0.717) is 12.4 Å². The van der Waals surface area contributed by atoms with Gasteiger partial charge in [-0.2, -0.15) is 5.21 Å². The number of tetrazole rings is 1. The van der Waals surface area contributed by atoms with E-state index in [1.54, 1.807) is 0 Å². The number of hydrogen-bond acceptors (Lipinski definition) is 4. The second-order valence-corrected chi connectivity index (χ2v) is 5.17. The van der Waals surface area contributed by atoms with Gasteiger partial charge in [0.05, 0.1) is 12.0 Å². The van der Waals surface area contributed by atoms with Gasteiger partial charge in [0.2, 0.25) is 5.91 Å². The van der Waals surface area contributed by atoms with E-state index in [4.69, 9.17) is 0 Å². The molecule has 1 amide bonds. The Morgan fingerprint density at radius 3 is 2.65 bits per heavy atom. The Kier molecular flexibility index (Phi) is 3.45. The van der Waals surface area contributed by atoms with E-state index in [-0.39, 0.29) is 5.91 Å². The predicted molar refractivity (Wildman–Crippen MR) is 72.6 cm³/mol. The first-order valence-corrected chi connectivity index (χ1v) is 6.87. The standard InChI is InChI=1S/C14H17N5O/c20-13(15-10-12-16-18-19-17-12)14(8-4-5-9-14)11-6-2-1-3-7-11/h1-3,6-7H,4-5,8-10H2,(H,15,20)(H,16,17,18,19). The topological polar surface area (TPSA) is 83.6 Å². The summed E-state index contributed by atoms with van der Waals surface area (Å²) in [5.41, 5.74) is 0.702. The van der Waals surface area contributed by atoms with Crippen molar-refractivity contribution in [3.8, 4) is 0 Å². The molecular weight excluding hydrogens is 254 g/mol. The molecule has 1 saturated carbocycles. The van der Waals surface area contributed by atoms with Gasteiger partial charge < -0.3 is 5.32 Å². The van der Waals surface area contributed by atoms with Crippen molar-refractivity contribution in [1.29, 1.82) is 0 Å². The monoisotopic (exact) mass is 271 g/mol. The molecule has 1 aromatic carbocycles. The highest BCUT2D eigenvalue weighted by molar-refractivity contribution is 5.88. The molecule has 0 radical (unpaired) electrons. The van der Waals surface area contributed by atoms with Crippen LogP contribution < -0.4 is 5.32 Å². The van der Waals surface area contributed by atoms with Gasteiger partial charge in [0.1, 0.15) is 0 Å². The Labute approximate surface area is 117 Å². The first kappa shape index (κ1) is 12.8. The maximum absolute atomic E-state index is 12.7. The molecule has 20 heavy (non-hydrogen) atoms. The van der Waals surface area contributed by atoms with Crippen molar-refractivity contribution >= 4 is 5.91 Å². The number of carbonyl (C=O) groups excluding carboxylic acids is 1. The molecule has 0 saturated heterocycles. The predicted octanol–water partition coefficient (Wildman–Crippen LogP) is 1.33. The molecule has 0 unspecified atom stereocenters. The molecule has 104 valence electrons. The molecule has 6 nitrogen and oxygen atoms in total. The average molecular weight is 271 g/mol. The van der Waals surface area contributed by atoms with E-state index in [0.717, 1.165) is 31.2 Å². The summed E-state index contributed by atoms with van der Waals surface area (Å²) < 4.78 is 0. The summed E-state index contributed by atoms with van der Waals surface area (Å²) in [5, 5.41) is 16.5. The van der Waals surface area contributed by atoms with Crippen LogP contribution in [0, 0.1) is 0 Å². The third kappa shape index (κ3) is 2.29. The maximum atomic E-state index is 12.7. The van der Waals surface area contributed by atoms with E-state index < -0.39 is 5.41 Å². The fourth-order valence-corrected chi connectivity index (χ4v) is 2.97. The Morgan fingerprint density at radius 2 is 2.00 bits per heavy atom. The van der Waals surface area contributed by atoms with Crippen LogP contribution in [0.15, 0.2) is 30.3 Å². The maximum Gasteiger partial charge on any atom is 0.231 e. The lowest BCUT2D eigenvalue weighted by molar-refractivity contribution is -0.126. The van der Waals surface area contributed by atoms with Crippen LogP contribution in [0.25, 0.3) is 0 Å². The van der Waals surface area contributed by atoms with Crippen LogP contribution >= 0.6 is 0 Å². The van der Waals surface area contributed by atoms with Gasteiger partial charge in [-0.05, 0) is 18.4 Å². The van der Waals surface area contributed by atoms with Crippen molar-refractivity contribution in [3.63, 3.8) is 0 Å². The molecule has 2 aromatic rings. The number of aromatic nitrogens is 4. The molecule has 0 aliphatic heterocycles. The highest BCUT2D eigenvalue weighted by Gasteiger charge is 2.42. The average Bonchev–Trinajstić information content (AvgIpc) is 3.18. The summed E-state index contributed by atoms with van der Waals surface area (Å²) in [7, 11) is 0. The second-order valence-electron chi connectivity index (χ2n) is 5.17. The lowest BCUT2D eigenvalue weighted by Gasteiger charge is -2.28. The Bertz CT molecular complexity index is 561. The fourth-order valence-electron chi connectivity index (χ4n) is 2.97. The summed E-state index contributed by atoms with van der Waals surface area (Å²) in [5.74, 6) is 0.561. The second kappa shape index (κ2) is 5.40. The van der Waals surface area contributed by atoms with E-state index in [2.05, 4.69) is 25.9 Å². The Morgan fingerprint density at radius 1 is 1.25 bits per heavy atom. The van der Waals surface area contributed by atoms with Crippen LogP contribution in [0.4, 0.5) is 0 Å². The van der Waals surface area contributed by atoms with Crippen LogP contribution in [-0.2, 0) is 16.8 Å². The van der Waals surface area contributed by atoms with Gasteiger partial charge in [0.25, 0.3) is 0 Å². The first-order valence-electron chi connectivity index (χ1n) is 6.87. The number of benzene rings is 1. The Hall–Kier alpha value is -2.24. The van der Waals surface area contributed by atoms with Gasteiger partial charge in [0.15, 0.2) is 5.82 Å². The summed E-state index contributed by atoms with van der Waals surface area (Å²) in [6.45, 7) is 0.309. The molecule has 0 bridgehead atoms. The number of nitrogens with zero attached hydrogens (tertiary/aromatic N) is 3. The molecule has 1 heterocycles. The molecule has 6 heteroatoms. The zero-order valence-corrected chi connectivity index (χ0v) is 11.2. The van der Waals surface area contributed by atoms with Crippen molar-refractivity contribution in [2.45, 2.75) is 37.6 Å². The van der Waals surface area contributed by atoms with E-state index >= 15 is 0 Å². The first-order chi connectivity index (χ1) is 9.81. The summed E-state index contributed by atoms with van der Waals surface area (Å²) in [6.07, 6.45) is 3.97. The summed E-state index contributed by atoms with van der Waals surface area (Å²) in [6, 6.07) is 10.0. The number of rotatable bonds is 4. The highest BCUT2D eigenvalue weighted by Crippen LogP contribution is 2.41. The molecule has 1 fully saturated rings. The van der Waals surface area contributed by atoms with E-state index in [9.17, 15) is 4.79 Å². The quantitative estimate of drug-likeness (QED) is 0.878. The fraction of sp³-hybridized carbons (Fsp3) is 0.429. The summed E-state index contributed by atoms with van der Waals surface area (Å²) in [4.78, 5) is 12.7. The van der Waals surface area contributed by atoms with Crippen LogP contribution in [0.3, 0.4) is 0 Å². The summed E-state index contributed by atoms with van der Waals surface area (Å²) >= 11 is 0. The molecule has 1 aliphatic carbocycles. The minimum atomic E-state index is -0.398. The van der Waals surface area contributed by atoms with Crippen molar-refractivity contribution in [1.82, 2.24) is 25.9 Å². The number of amides is 1. The van der Waals surface area contributed by atoms with Crippen LogP contribution in [0.2, 0.25) is 0 Å². The molecule has 1 aliphatic rings. The number of nitrogens with one attached hydrogen (secondary N) is 2. The van der Waals surface area contributed by atoms with Crippen molar-refractivity contribution in [2.75, 3.05) is 0 Å². The number of carbonyl (C=O) groups is 1. The van der Waals surface area contributed by atoms with Crippen LogP contribution in [0.5, 0.6) is 0 Å². The minimum Gasteiger partial charge on any atom is -0.348 e. The van der Waals surface area contributed by atoms with E-state index in [1.807, 2.05) is 30.3 Å². The zero-order valence-electron chi connectivity index (χ0n) is 11.2. The van der Waals surface area contributed by atoms with Gasteiger partial charge in [-0.25, -0.2) is 0 Å². The zero-order chi connectivity index (χ0) is 13.8. The normalized spacial score (nSPS) is 17.0. The van der Waals surface area contributed by atoms with Crippen molar-refractivity contribution in [3.05, 3.63) is 41.7 Å². The Balaban J connectivity index is 1.78. The van der Waals surface area contributed by atoms with Crippen molar-refractivity contribution < 1.29 is 4.79 Å². The molecule has 1 aromatic heterocycles. The SMILES string of the molecule is O=C(NCc1nn[nH]n1)C1(c2ccccc2)CCCC1. The molecule has 0 spiro atoms. The molecule has 0 atom stereocenters. The smallest absolute Gasteiger partial charge is 0.231 e. The largest absolute Gasteiger partial charge is 0.348 e. The van der Waals surface area contributed by atoms with Crippen LogP contribution in [-0.4, -0.2) is 26.5 Å². The molecular formula is C14H17N5O. The third-order valence-corrected chi connectivity index (χ3v) is 4.01.